The van der Waals surface area contributed by atoms with E-state index in [9.17, 15) is 17.2 Å². The van der Waals surface area contributed by atoms with Crippen molar-refractivity contribution in [2.24, 2.45) is 0 Å². The maximum Gasteiger partial charge on any atom is 0.147 e. The third-order valence-corrected chi connectivity index (χ3v) is 3.44. The van der Waals surface area contributed by atoms with Gasteiger partial charge >= 0.3 is 0 Å². The summed E-state index contributed by atoms with van der Waals surface area (Å²) < 4.78 is 48.3. The minimum atomic E-state index is -3.09. The predicted octanol–water partition coefficient (Wildman–Crippen LogP) is 1.66. The van der Waals surface area contributed by atoms with Crippen molar-refractivity contribution in [3.8, 4) is 0 Å². The first-order chi connectivity index (χ1) is 7.83. The molecule has 1 unspecified atom stereocenters. The number of rotatable bonds is 5. The molecule has 0 aliphatic carbocycles. The molecule has 0 radical (unpaired) electrons. The molecule has 0 saturated carbocycles. The van der Waals surface area contributed by atoms with Gasteiger partial charge in [-0.3, -0.25) is 0 Å². The Morgan fingerprint density at radius 3 is 2.47 bits per heavy atom. The first-order valence-corrected chi connectivity index (χ1v) is 7.19. The first kappa shape index (κ1) is 14.1. The number of hydrogen-bond acceptors (Lipinski definition) is 3. The van der Waals surface area contributed by atoms with E-state index in [1.807, 2.05) is 0 Å². The van der Waals surface area contributed by atoms with Gasteiger partial charge in [0.15, 0.2) is 0 Å². The number of benzene rings is 1. The zero-order valence-corrected chi connectivity index (χ0v) is 10.5. The minimum Gasteiger partial charge on any atom is -0.313 e. The van der Waals surface area contributed by atoms with Gasteiger partial charge in [-0.25, -0.2) is 17.2 Å². The second-order valence-corrected chi connectivity index (χ2v) is 6.19. The van der Waals surface area contributed by atoms with E-state index in [0.717, 1.165) is 18.4 Å². The van der Waals surface area contributed by atoms with Crippen molar-refractivity contribution in [3.05, 3.63) is 35.4 Å². The molecule has 0 spiro atoms. The monoisotopic (exact) mass is 263 g/mol. The van der Waals surface area contributed by atoms with Crippen LogP contribution in [0.1, 0.15) is 18.0 Å². The topological polar surface area (TPSA) is 46.2 Å². The number of nitrogens with one attached hydrogen (secondary N) is 1. The molecule has 0 saturated heterocycles. The average molecular weight is 263 g/mol. The highest BCUT2D eigenvalue weighted by atomic mass is 32.2. The Morgan fingerprint density at radius 2 is 2.00 bits per heavy atom. The summed E-state index contributed by atoms with van der Waals surface area (Å²) in [7, 11) is -1.49. The van der Waals surface area contributed by atoms with Gasteiger partial charge in [-0.1, -0.05) is 6.07 Å². The number of sulfone groups is 1. The number of halogens is 2. The molecule has 1 N–H and O–H groups in total. The minimum absolute atomic E-state index is 0.0463. The Bertz CT molecular complexity index is 488. The quantitative estimate of drug-likeness (QED) is 0.879. The molecule has 0 aromatic heterocycles. The summed E-state index contributed by atoms with van der Waals surface area (Å²) in [5.74, 6) is -1.36. The van der Waals surface area contributed by atoms with E-state index in [0.29, 0.717) is 0 Å². The molecule has 1 aromatic rings. The van der Waals surface area contributed by atoms with Crippen LogP contribution in [-0.2, 0) is 9.84 Å². The molecule has 3 nitrogen and oxygen atoms in total. The lowest BCUT2D eigenvalue weighted by Crippen LogP contribution is -2.21. The molecule has 1 rings (SSSR count). The van der Waals surface area contributed by atoms with Gasteiger partial charge in [-0.15, -0.1) is 0 Å². The zero-order chi connectivity index (χ0) is 13.1. The standard InChI is InChI=1S/C11H15F2NO2S/c1-14-11(5-6-17(2,15)16)9-4-3-8(12)7-10(9)13/h3-4,7,11,14H,5-6H2,1-2H3. The predicted molar refractivity (Wildman–Crippen MR) is 62.5 cm³/mol. The van der Waals surface area contributed by atoms with E-state index in [-0.39, 0.29) is 17.7 Å². The molecule has 17 heavy (non-hydrogen) atoms. The molecule has 0 amide bonds. The highest BCUT2D eigenvalue weighted by molar-refractivity contribution is 7.90. The van der Waals surface area contributed by atoms with Gasteiger partial charge in [0.1, 0.15) is 21.5 Å². The Balaban J connectivity index is 2.86. The van der Waals surface area contributed by atoms with Gasteiger partial charge in [-0.05, 0) is 19.5 Å². The largest absolute Gasteiger partial charge is 0.313 e. The van der Waals surface area contributed by atoms with Crippen LogP contribution in [0, 0.1) is 11.6 Å². The normalized spacial score (nSPS) is 13.6. The first-order valence-electron chi connectivity index (χ1n) is 5.13. The lowest BCUT2D eigenvalue weighted by molar-refractivity contribution is 0.511. The molecule has 0 heterocycles. The maximum atomic E-state index is 13.5. The second kappa shape index (κ2) is 5.55. The van der Waals surface area contributed by atoms with Gasteiger partial charge in [-0.2, -0.15) is 0 Å². The fourth-order valence-corrected chi connectivity index (χ4v) is 2.24. The summed E-state index contributed by atoms with van der Waals surface area (Å²) in [6.07, 6.45) is 1.37. The van der Waals surface area contributed by atoms with Crippen molar-refractivity contribution < 1.29 is 17.2 Å². The van der Waals surface area contributed by atoms with Crippen LogP contribution in [0.4, 0.5) is 8.78 Å². The summed E-state index contributed by atoms with van der Waals surface area (Å²) in [6, 6.07) is 2.84. The summed E-state index contributed by atoms with van der Waals surface area (Å²) in [5.41, 5.74) is 0.276. The van der Waals surface area contributed by atoms with Crippen molar-refractivity contribution >= 4 is 9.84 Å². The maximum absolute atomic E-state index is 13.5. The van der Waals surface area contributed by atoms with Crippen LogP contribution in [0.3, 0.4) is 0 Å². The Morgan fingerprint density at radius 1 is 1.35 bits per heavy atom. The van der Waals surface area contributed by atoms with Gasteiger partial charge < -0.3 is 5.32 Å². The second-order valence-electron chi connectivity index (χ2n) is 3.93. The molecule has 0 aliphatic heterocycles. The molecular weight excluding hydrogens is 248 g/mol. The lowest BCUT2D eigenvalue weighted by Gasteiger charge is -2.16. The van der Waals surface area contributed by atoms with Crippen molar-refractivity contribution in [3.63, 3.8) is 0 Å². The zero-order valence-electron chi connectivity index (χ0n) is 9.70. The van der Waals surface area contributed by atoms with Crippen molar-refractivity contribution in [1.82, 2.24) is 5.32 Å². The molecular formula is C11H15F2NO2S. The van der Waals surface area contributed by atoms with Crippen LogP contribution in [0.25, 0.3) is 0 Å². The van der Waals surface area contributed by atoms with Gasteiger partial charge in [0, 0.05) is 23.9 Å². The highest BCUT2D eigenvalue weighted by Gasteiger charge is 2.16. The molecule has 1 aromatic carbocycles. The third kappa shape index (κ3) is 4.40. The SMILES string of the molecule is CNC(CCS(C)(=O)=O)c1ccc(F)cc1F. The van der Waals surface area contributed by atoms with Crippen LogP contribution in [0.5, 0.6) is 0 Å². The summed E-state index contributed by atoms with van der Waals surface area (Å²) in [6.45, 7) is 0. The lowest BCUT2D eigenvalue weighted by atomic mass is 10.0. The fraction of sp³-hybridized carbons (Fsp3) is 0.455. The third-order valence-electron chi connectivity index (χ3n) is 2.46. The van der Waals surface area contributed by atoms with E-state index in [4.69, 9.17) is 0 Å². The van der Waals surface area contributed by atoms with E-state index in [2.05, 4.69) is 5.32 Å². The Hall–Kier alpha value is -1.01. The Labute approximate surface area is 99.8 Å². The van der Waals surface area contributed by atoms with Crippen LogP contribution < -0.4 is 5.32 Å². The summed E-state index contributed by atoms with van der Waals surface area (Å²) in [4.78, 5) is 0. The van der Waals surface area contributed by atoms with Crippen LogP contribution in [-0.4, -0.2) is 27.5 Å². The van der Waals surface area contributed by atoms with Gasteiger partial charge in [0.05, 0.1) is 5.75 Å². The van der Waals surface area contributed by atoms with Crippen LogP contribution in [0.2, 0.25) is 0 Å². The van der Waals surface area contributed by atoms with Crippen molar-refractivity contribution in [2.45, 2.75) is 12.5 Å². The van der Waals surface area contributed by atoms with Gasteiger partial charge in [0.25, 0.3) is 0 Å². The fourth-order valence-electron chi connectivity index (χ4n) is 1.57. The van der Waals surface area contributed by atoms with Gasteiger partial charge in [0.2, 0.25) is 0 Å². The van der Waals surface area contributed by atoms with Crippen LogP contribution >= 0.6 is 0 Å². The highest BCUT2D eigenvalue weighted by Crippen LogP contribution is 2.21. The smallest absolute Gasteiger partial charge is 0.147 e. The van der Waals surface area contributed by atoms with Crippen molar-refractivity contribution in [1.29, 1.82) is 0 Å². The number of hydrogen-bond donors (Lipinski definition) is 1. The van der Waals surface area contributed by atoms with E-state index < -0.39 is 27.5 Å². The molecule has 0 bridgehead atoms. The Kier molecular flexibility index (Phi) is 4.59. The average Bonchev–Trinajstić information content (AvgIpc) is 2.19. The van der Waals surface area contributed by atoms with E-state index in [1.165, 1.54) is 6.07 Å². The van der Waals surface area contributed by atoms with Crippen molar-refractivity contribution in [2.75, 3.05) is 19.1 Å². The van der Waals surface area contributed by atoms with E-state index >= 15 is 0 Å². The molecule has 0 aliphatic rings. The summed E-state index contributed by atoms with van der Waals surface area (Å²) in [5, 5.41) is 2.82. The molecule has 0 fully saturated rings. The molecule has 96 valence electrons. The van der Waals surface area contributed by atoms with Crippen LogP contribution in [0.15, 0.2) is 18.2 Å². The molecule has 1 atom stereocenters. The van der Waals surface area contributed by atoms with E-state index in [1.54, 1.807) is 7.05 Å². The molecule has 6 heteroatoms. The summed E-state index contributed by atoms with van der Waals surface area (Å²) >= 11 is 0.